The second-order valence-corrected chi connectivity index (χ2v) is 4.55. The summed E-state index contributed by atoms with van der Waals surface area (Å²) in [6.07, 6.45) is 4.14. The number of aliphatic hydroxyl groups is 1. The molecule has 3 N–H and O–H groups in total. The second kappa shape index (κ2) is 7.68. The fourth-order valence-electron chi connectivity index (χ4n) is 1.94. The number of rotatable bonds is 8. The predicted molar refractivity (Wildman–Crippen MR) is 72.3 cm³/mol. The number of hydrogen-bond acceptors (Lipinski definition) is 5. The third-order valence-electron chi connectivity index (χ3n) is 2.99. The molecule has 0 aliphatic rings. The van der Waals surface area contributed by atoms with Gasteiger partial charge in [-0.25, -0.2) is 14.8 Å². The van der Waals surface area contributed by atoms with Crippen molar-refractivity contribution in [2.24, 2.45) is 5.92 Å². The van der Waals surface area contributed by atoms with Crippen LogP contribution in [0.4, 0.5) is 5.95 Å². The number of nitrogens with one attached hydrogen (secondary N) is 1. The molecular weight excluding hydrogens is 246 g/mol. The Labute approximate surface area is 112 Å². The van der Waals surface area contributed by atoms with Crippen LogP contribution in [0.5, 0.6) is 0 Å². The number of aromatic carboxylic acids is 1. The van der Waals surface area contributed by atoms with Gasteiger partial charge in [0.1, 0.15) is 0 Å². The van der Waals surface area contributed by atoms with Crippen LogP contribution in [0.2, 0.25) is 0 Å². The third-order valence-corrected chi connectivity index (χ3v) is 2.99. The van der Waals surface area contributed by atoms with Crippen LogP contribution in [0.1, 0.15) is 42.2 Å². The summed E-state index contributed by atoms with van der Waals surface area (Å²) in [6.45, 7) is 4.60. The van der Waals surface area contributed by atoms with Crippen LogP contribution < -0.4 is 5.32 Å². The molecule has 1 atom stereocenters. The maximum Gasteiger partial charge on any atom is 0.339 e. The van der Waals surface area contributed by atoms with Crippen molar-refractivity contribution < 1.29 is 15.0 Å². The van der Waals surface area contributed by atoms with Crippen LogP contribution in [0.15, 0.2) is 6.20 Å². The normalized spacial score (nSPS) is 12.2. The van der Waals surface area contributed by atoms with Crippen molar-refractivity contribution >= 4 is 11.9 Å². The molecule has 0 saturated carbocycles. The summed E-state index contributed by atoms with van der Waals surface area (Å²) in [5, 5.41) is 21.0. The van der Waals surface area contributed by atoms with Gasteiger partial charge >= 0.3 is 5.97 Å². The van der Waals surface area contributed by atoms with Crippen molar-refractivity contribution in [1.82, 2.24) is 9.97 Å². The molecule has 0 bridgehead atoms. The van der Waals surface area contributed by atoms with Crippen LogP contribution in [0, 0.1) is 12.8 Å². The molecular formula is C13H21N3O3. The summed E-state index contributed by atoms with van der Waals surface area (Å²) >= 11 is 0. The number of hydrogen-bond donors (Lipinski definition) is 3. The average molecular weight is 267 g/mol. The van der Waals surface area contributed by atoms with E-state index >= 15 is 0 Å². The first kappa shape index (κ1) is 15.4. The van der Waals surface area contributed by atoms with Crippen molar-refractivity contribution in [3.05, 3.63) is 17.5 Å². The minimum absolute atomic E-state index is 0.117. The van der Waals surface area contributed by atoms with Crippen LogP contribution in [-0.2, 0) is 0 Å². The lowest BCUT2D eigenvalue weighted by molar-refractivity contribution is 0.0695. The zero-order valence-corrected chi connectivity index (χ0v) is 11.4. The van der Waals surface area contributed by atoms with E-state index in [2.05, 4.69) is 22.2 Å². The first-order valence-electron chi connectivity index (χ1n) is 6.50. The zero-order valence-electron chi connectivity index (χ0n) is 11.4. The van der Waals surface area contributed by atoms with E-state index in [0.29, 0.717) is 24.1 Å². The van der Waals surface area contributed by atoms with Gasteiger partial charge in [-0.1, -0.05) is 13.3 Å². The summed E-state index contributed by atoms with van der Waals surface area (Å²) < 4.78 is 0. The molecule has 1 aromatic heterocycles. The van der Waals surface area contributed by atoms with Crippen LogP contribution in [0.25, 0.3) is 0 Å². The standard InChI is InChI=1S/C13H21N3O3/c1-3-4-10(5-6-17)7-14-13-15-8-11(12(18)19)9(2)16-13/h8,10,17H,3-7H2,1-2H3,(H,18,19)(H,14,15,16). The number of aryl methyl sites for hydroxylation is 1. The lowest BCUT2D eigenvalue weighted by atomic mass is 10.0. The number of nitrogens with zero attached hydrogens (tertiary/aromatic N) is 2. The third kappa shape index (κ3) is 4.82. The number of carbonyl (C=O) groups is 1. The fourth-order valence-corrected chi connectivity index (χ4v) is 1.94. The maximum atomic E-state index is 10.8. The van der Waals surface area contributed by atoms with E-state index in [9.17, 15) is 4.79 Å². The molecule has 0 amide bonds. The molecule has 0 fully saturated rings. The molecule has 19 heavy (non-hydrogen) atoms. The molecule has 0 aliphatic carbocycles. The molecule has 0 aromatic carbocycles. The van der Waals surface area contributed by atoms with Gasteiger partial charge in [0.2, 0.25) is 5.95 Å². The van der Waals surface area contributed by atoms with Gasteiger partial charge in [0, 0.05) is 19.3 Å². The van der Waals surface area contributed by atoms with Gasteiger partial charge in [0.15, 0.2) is 0 Å². The molecule has 6 nitrogen and oxygen atoms in total. The number of carboxylic acid groups (broad SMARTS) is 1. The van der Waals surface area contributed by atoms with Gasteiger partial charge in [-0.2, -0.15) is 0 Å². The molecule has 1 aromatic rings. The number of aliphatic hydroxyl groups excluding tert-OH is 1. The Balaban J connectivity index is 2.62. The maximum absolute atomic E-state index is 10.8. The fraction of sp³-hybridized carbons (Fsp3) is 0.615. The molecule has 106 valence electrons. The highest BCUT2D eigenvalue weighted by molar-refractivity contribution is 5.88. The van der Waals surface area contributed by atoms with E-state index in [1.165, 1.54) is 6.20 Å². The van der Waals surface area contributed by atoms with Crippen LogP contribution in [-0.4, -0.2) is 39.3 Å². The van der Waals surface area contributed by atoms with Crippen LogP contribution >= 0.6 is 0 Å². The van der Waals surface area contributed by atoms with Crippen molar-refractivity contribution in [2.75, 3.05) is 18.5 Å². The topological polar surface area (TPSA) is 95.3 Å². The average Bonchev–Trinajstić information content (AvgIpc) is 2.36. The van der Waals surface area contributed by atoms with E-state index in [0.717, 1.165) is 19.3 Å². The summed E-state index contributed by atoms with van der Waals surface area (Å²) in [5.74, 6) is -0.215. The first-order valence-corrected chi connectivity index (χ1v) is 6.50. The number of carboxylic acids is 1. The van der Waals surface area contributed by atoms with Crippen molar-refractivity contribution in [3.63, 3.8) is 0 Å². The molecule has 0 radical (unpaired) electrons. The largest absolute Gasteiger partial charge is 0.478 e. The molecule has 0 aliphatic heterocycles. The Bertz CT molecular complexity index is 418. The van der Waals surface area contributed by atoms with Gasteiger partial charge in [0.05, 0.1) is 11.3 Å². The van der Waals surface area contributed by atoms with Gasteiger partial charge in [-0.05, 0) is 25.7 Å². The van der Waals surface area contributed by atoms with E-state index < -0.39 is 5.97 Å². The van der Waals surface area contributed by atoms with Crippen LogP contribution in [0.3, 0.4) is 0 Å². The van der Waals surface area contributed by atoms with Gasteiger partial charge in [0.25, 0.3) is 0 Å². The Kier molecular flexibility index (Phi) is 6.21. The lowest BCUT2D eigenvalue weighted by Gasteiger charge is -2.15. The van der Waals surface area contributed by atoms with Gasteiger partial charge in [-0.3, -0.25) is 0 Å². The summed E-state index contributed by atoms with van der Waals surface area (Å²) in [7, 11) is 0. The van der Waals surface area contributed by atoms with Gasteiger partial charge < -0.3 is 15.5 Å². The highest BCUT2D eigenvalue weighted by Gasteiger charge is 2.11. The van der Waals surface area contributed by atoms with Crippen molar-refractivity contribution in [3.8, 4) is 0 Å². The first-order chi connectivity index (χ1) is 9.08. The Morgan fingerprint density at radius 1 is 1.47 bits per heavy atom. The quantitative estimate of drug-likeness (QED) is 0.663. The minimum atomic E-state index is -1.02. The molecule has 6 heteroatoms. The van der Waals surface area contributed by atoms with E-state index in [4.69, 9.17) is 10.2 Å². The lowest BCUT2D eigenvalue weighted by Crippen LogP contribution is -2.17. The van der Waals surface area contributed by atoms with Gasteiger partial charge in [-0.15, -0.1) is 0 Å². The summed E-state index contributed by atoms with van der Waals surface area (Å²) in [4.78, 5) is 18.9. The molecule has 1 unspecified atom stereocenters. The number of aromatic nitrogens is 2. The second-order valence-electron chi connectivity index (χ2n) is 4.55. The Morgan fingerprint density at radius 3 is 2.74 bits per heavy atom. The van der Waals surface area contributed by atoms with E-state index in [1.54, 1.807) is 6.92 Å². The number of anilines is 1. The molecule has 0 saturated heterocycles. The highest BCUT2D eigenvalue weighted by atomic mass is 16.4. The minimum Gasteiger partial charge on any atom is -0.478 e. The van der Waals surface area contributed by atoms with Crippen molar-refractivity contribution in [2.45, 2.75) is 33.1 Å². The summed E-state index contributed by atoms with van der Waals surface area (Å²) in [6, 6.07) is 0. The SMILES string of the molecule is CCCC(CCO)CNc1ncc(C(=O)O)c(C)n1. The smallest absolute Gasteiger partial charge is 0.339 e. The molecule has 1 heterocycles. The monoisotopic (exact) mass is 267 g/mol. The van der Waals surface area contributed by atoms with E-state index in [1.807, 2.05) is 0 Å². The summed E-state index contributed by atoms with van der Waals surface area (Å²) in [5.41, 5.74) is 0.560. The Morgan fingerprint density at radius 2 is 2.21 bits per heavy atom. The molecule has 0 spiro atoms. The zero-order chi connectivity index (χ0) is 14.3. The van der Waals surface area contributed by atoms with E-state index in [-0.39, 0.29) is 12.2 Å². The van der Waals surface area contributed by atoms with Crippen molar-refractivity contribution in [1.29, 1.82) is 0 Å². The Hall–Kier alpha value is -1.69. The predicted octanol–water partition coefficient (Wildman–Crippen LogP) is 1.69. The highest BCUT2D eigenvalue weighted by Crippen LogP contribution is 2.12. The molecule has 1 rings (SSSR count).